The summed E-state index contributed by atoms with van der Waals surface area (Å²) in [4.78, 5) is 54.3. The second-order valence-electron chi connectivity index (χ2n) is 14.1. The molecule has 4 N–H and O–H groups in total. The van der Waals surface area contributed by atoms with E-state index in [4.69, 9.17) is 9.47 Å². The van der Waals surface area contributed by atoms with Crippen LogP contribution in [0.5, 0.6) is 0 Å². The second-order valence-corrected chi connectivity index (χ2v) is 14.1. The van der Waals surface area contributed by atoms with Crippen molar-refractivity contribution in [3.8, 4) is 0 Å². The lowest BCUT2D eigenvalue weighted by molar-refractivity contribution is -0.137. The van der Waals surface area contributed by atoms with Crippen LogP contribution >= 0.6 is 0 Å². The monoisotopic (exact) mass is 691 g/mol. The summed E-state index contributed by atoms with van der Waals surface area (Å²) in [6.07, 6.45) is -4.64. The van der Waals surface area contributed by atoms with Gasteiger partial charge >= 0.3 is 18.4 Å². The maximum Gasteiger partial charge on any atom is 0.416 e. The molecule has 49 heavy (non-hydrogen) atoms. The van der Waals surface area contributed by atoms with E-state index in [9.17, 15) is 32.3 Å². The van der Waals surface area contributed by atoms with Gasteiger partial charge in [0.15, 0.2) is 0 Å². The van der Waals surface area contributed by atoms with E-state index >= 15 is 0 Å². The highest BCUT2D eigenvalue weighted by Gasteiger charge is 2.33. The third-order valence-corrected chi connectivity index (χ3v) is 7.39. The number of alkyl carbamates (subject to hydrolysis) is 2. The minimum atomic E-state index is -4.61. The summed E-state index contributed by atoms with van der Waals surface area (Å²) in [6, 6.07) is 11.0. The van der Waals surface area contributed by atoms with E-state index in [0.717, 1.165) is 17.7 Å². The zero-order chi connectivity index (χ0) is 36.4. The van der Waals surface area contributed by atoms with Crippen molar-refractivity contribution in [1.82, 2.24) is 20.9 Å². The molecule has 3 atom stereocenters. The van der Waals surface area contributed by atoms with Crippen molar-refractivity contribution in [1.29, 1.82) is 0 Å². The average molecular weight is 692 g/mol. The molecule has 2 aromatic carbocycles. The van der Waals surface area contributed by atoms with Gasteiger partial charge in [0.2, 0.25) is 11.8 Å². The van der Waals surface area contributed by atoms with Crippen LogP contribution in [0.25, 0.3) is 0 Å². The summed E-state index contributed by atoms with van der Waals surface area (Å²) < 4.78 is 50.7. The summed E-state index contributed by atoms with van der Waals surface area (Å²) in [6.45, 7) is 11.9. The molecule has 1 heterocycles. The molecule has 14 heteroatoms. The Morgan fingerprint density at radius 3 is 2.08 bits per heavy atom. The van der Waals surface area contributed by atoms with Gasteiger partial charge in [0.25, 0.3) is 0 Å². The van der Waals surface area contributed by atoms with Crippen molar-refractivity contribution in [2.24, 2.45) is 0 Å². The van der Waals surface area contributed by atoms with Crippen LogP contribution in [0.3, 0.4) is 0 Å². The SMILES string of the molecule is CC(C)(C)OC(=O)NC1CCN(CC[C@H](NC(=O)OC(C)(C)C)C(=O)N[C@@H](CCc2ccccc2)C(=O)Nc2cccc(C(F)(F)F)c2)C1. The summed E-state index contributed by atoms with van der Waals surface area (Å²) >= 11 is 0. The molecule has 270 valence electrons. The Hall–Kier alpha value is -4.33. The lowest BCUT2D eigenvalue weighted by atomic mass is 10.0. The molecule has 0 bridgehead atoms. The zero-order valence-electron chi connectivity index (χ0n) is 28.9. The molecule has 1 fully saturated rings. The number of nitrogens with one attached hydrogen (secondary N) is 4. The van der Waals surface area contributed by atoms with Gasteiger partial charge < -0.3 is 35.6 Å². The van der Waals surface area contributed by atoms with Crippen LogP contribution in [-0.2, 0) is 31.7 Å². The first kappa shape index (κ1) is 39.1. The number of aryl methyl sites for hydroxylation is 1. The smallest absolute Gasteiger partial charge is 0.416 e. The maximum atomic E-state index is 13.8. The fourth-order valence-electron chi connectivity index (χ4n) is 5.16. The first-order valence-electron chi connectivity index (χ1n) is 16.3. The largest absolute Gasteiger partial charge is 0.444 e. The number of nitrogens with zero attached hydrogens (tertiary/aromatic N) is 1. The van der Waals surface area contributed by atoms with Crippen molar-refractivity contribution in [2.45, 2.75) is 103 Å². The predicted molar refractivity (Wildman–Crippen MR) is 179 cm³/mol. The van der Waals surface area contributed by atoms with Crippen molar-refractivity contribution in [2.75, 3.05) is 25.0 Å². The van der Waals surface area contributed by atoms with E-state index in [1.807, 2.05) is 35.2 Å². The standard InChI is InChI=1S/C35H48F3N5O6/c1-33(2,3)48-31(46)40-26-17-19-43(22-26)20-18-28(42-32(47)49-34(4,5)6)30(45)41-27(16-15-23-11-8-7-9-12-23)29(44)39-25-14-10-13-24(21-25)35(36,37)38/h7-14,21,26-28H,15-20,22H2,1-6H3,(H,39,44)(H,40,46)(H,41,45)(H,42,47)/t26?,27-,28-/m0/s1. The van der Waals surface area contributed by atoms with E-state index in [-0.39, 0.29) is 24.6 Å². The number of carbonyl (C=O) groups excluding carboxylic acids is 4. The fraction of sp³-hybridized carbons (Fsp3) is 0.543. The third kappa shape index (κ3) is 14.4. The molecule has 2 aromatic rings. The van der Waals surface area contributed by atoms with Crippen LogP contribution in [0, 0.1) is 0 Å². The van der Waals surface area contributed by atoms with Crippen molar-refractivity contribution in [3.05, 3.63) is 65.7 Å². The Kier molecular flexibility index (Phi) is 13.5. The normalized spacial score (nSPS) is 16.6. The minimum absolute atomic E-state index is 0.0780. The first-order chi connectivity index (χ1) is 22.8. The number of halogens is 3. The number of likely N-dealkylation sites (tertiary alicyclic amines) is 1. The van der Waals surface area contributed by atoms with E-state index in [0.29, 0.717) is 32.5 Å². The molecular formula is C35H48F3N5O6. The number of anilines is 1. The predicted octanol–water partition coefficient (Wildman–Crippen LogP) is 5.64. The Labute approximate surface area is 285 Å². The number of alkyl halides is 3. The molecule has 0 aromatic heterocycles. The summed E-state index contributed by atoms with van der Waals surface area (Å²) in [5.74, 6) is -1.37. The Bertz CT molecular complexity index is 1430. The molecule has 1 aliphatic heterocycles. The minimum Gasteiger partial charge on any atom is -0.444 e. The first-order valence-corrected chi connectivity index (χ1v) is 16.3. The number of hydrogen-bond donors (Lipinski definition) is 4. The van der Waals surface area contributed by atoms with E-state index in [1.165, 1.54) is 12.1 Å². The number of benzene rings is 2. The highest BCUT2D eigenvalue weighted by atomic mass is 19.4. The van der Waals surface area contributed by atoms with Crippen LogP contribution in [-0.4, -0.2) is 77.9 Å². The van der Waals surface area contributed by atoms with Gasteiger partial charge in [-0.1, -0.05) is 36.4 Å². The number of rotatable bonds is 12. The van der Waals surface area contributed by atoms with Gasteiger partial charge in [0.1, 0.15) is 23.3 Å². The van der Waals surface area contributed by atoms with Gasteiger partial charge in [-0.25, -0.2) is 9.59 Å². The highest BCUT2D eigenvalue weighted by Crippen LogP contribution is 2.30. The molecule has 0 radical (unpaired) electrons. The van der Waals surface area contributed by atoms with Gasteiger partial charge in [-0.3, -0.25) is 9.59 Å². The molecule has 0 saturated carbocycles. The second kappa shape index (κ2) is 16.9. The lowest BCUT2D eigenvalue weighted by Gasteiger charge is -2.27. The molecule has 1 saturated heterocycles. The molecule has 0 spiro atoms. The van der Waals surface area contributed by atoms with Crippen molar-refractivity contribution < 1.29 is 41.8 Å². The topological polar surface area (TPSA) is 138 Å². The van der Waals surface area contributed by atoms with Crippen LogP contribution < -0.4 is 21.3 Å². The highest BCUT2D eigenvalue weighted by molar-refractivity contribution is 5.98. The van der Waals surface area contributed by atoms with E-state index < -0.39 is 59.0 Å². The van der Waals surface area contributed by atoms with Gasteiger partial charge in [0, 0.05) is 31.4 Å². The van der Waals surface area contributed by atoms with E-state index in [2.05, 4.69) is 21.3 Å². The lowest BCUT2D eigenvalue weighted by Crippen LogP contribution is -2.54. The van der Waals surface area contributed by atoms with Crippen LogP contribution in [0.2, 0.25) is 0 Å². The summed E-state index contributed by atoms with van der Waals surface area (Å²) in [5, 5.41) is 10.7. The molecule has 4 amide bonds. The quantitative estimate of drug-likeness (QED) is 0.226. The summed E-state index contributed by atoms with van der Waals surface area (Å²) in [5.41, 5.74) is -1.60. The number of amides is 4. The van der Waals surface area contributed by atoms with Crippen LogP contribution in [0.4, 0.5) is 28.4 Å². The van der Waals surface area contributed by atoms with E-state index in [1.54, 1.807) is 41.5 Å². The van der Waals surface area contributed by atoms with Crippen LogP contribution in [0.15, 0.2) is 54.6 Å². The average Bonchev–Trinajstić information content (AvgIpc) is 3.42. The van der Waals surface area contributed by atoms with Gasteiger partial charge in [-0.05, 0) is 91.0 Å². The molecule has 3 rings (SSSR count). The maximum absolute atomic E-state index is 13.8. The molecule has 11 nitrogen and oxygen atoms in total. The number of carbonyl (C=O) groups is 4. The van der Waals surface area contributed by atoms with Gasteiger partial charge in [-0.2, -0.15) is 13.2 Å². The molecule has 1 aliphatic rings. The third-order valence-electron chi connectivity index (χ3n) is 7.39. The van der Waals surface area contributed by atoms with Gasteiger partial charge in [-0.15, -0.1) is 0 Å². The summed E-state index contributed by atoms with van der Waals surface area (Å²) in [7, 11) is 0. The van der Waals surface area contributed by atoms with Crippen molar-refractivity contribution in [3.63, 3.8) is 0 Å². The Morgan fingerprint density at radius 2 is 1.45 bits per heavy atom. The van der Waals surface area contributed by atoms with Crippen molar-refractivity contribution >= 4 is 29.7 Å². The Balaban J connectivity index is 1.74. The number of ether oxygens (including phenoxy) is 2. The molecular weight excluding hydrogens is 643 g/mol. The molecule has 0 aliphatic carbocycles. The Morgan fingerprint density at radius 1 is 0.816 bits per heavy atom. The molecule has 1 unspecified atom stereocenters. The van der Waals surface area contributed by atoms with Gasteiger partial charge in [0.05, 0.1) is 5.56 Å². The number of hydrogen-bond acceptors (Lipinski definition) is 7. The fourth-order valence-corrected chi connectivity index (χ4v) is 5.16. The van der Waals surface area contributed by atoms with Crippen LogP contribution in [0.1, 0.15) is 71.9 Å². The zero-order valence-corrected chi connectivity index (χ0v) is 28.9.